The number of nitrogens with one attached hydrogen (secondary N) is 1. The van der Waals surface area contributed by atoms with E-state index in [-0.39, 0.29) is 10.7 Å². The summed E-state index contributed by atoms with van der Waals surface area (Å²) in [6.07, 6.45) is 2.77. The Hall–Kier alpha value is -2.80. The molecule has 1 heterocycles. The van der Waals surface area contributed by atoms with Gasteiger partial charge >= 0.3 is 0 Å². The van der Waals surface area contributed by atoms with E-state index in [1.54, 1.807) is 37.3 Å². The van der Waals surface area contributed by atoms with Gasteiger partial charge in [-0.3, -0.25) is 14.9 Å². The van der Waals surface area contributed by atoms with Gasteiger partial charge in [0.15, 0.2) is 0 Å². The van der Waals surface area contributed by atoms with Crippen LogP contribution in [0.3, 0.4) is 0 Å². The van der Waals surface area contributed by atoms with Crippen LogP contribution in [0.4, 0.5) is 11.4 Å². The average Bonchev–Trinajstić information content (AvgIpc) is 3.11. The third kappa shape index (κ3) is 5.17. The van der Waals surface area contributed by atoms with E-state index in [1.165, 1.54) is 24.3 Å². The van der Waals surface area contributed by atoms with Crippen molar-refractivity contribution in [1.29, 1.82) is 0 Å². The number of carbonyl (C=O) groups is 1. The number of furan rings is 1. The molecule has 0 unspecified atom stereocenters. The van der Waals surface area contributed by atoms with Crippen LogP contribution >= 0.6 is 34.8 Å². The van der Waals surface area contributed by atoms with Crippen LogP contribution in [-0.2, 0) is 4.79 Å². The lowest BCUT2D eigenvalue weighted by Gasteiger charge is -2.07. The van der Waals surface area contributed by atoms with Crippen LogP contribution in [0.5, 0.6) is 0 Å². The van der Waals surface area contributed by atoms with Crippen LogP contribution < -0.4 is 5.32 Å². The van der Waals surface area contributed by atoms with Crippen molar-refractivity contribution in [3.63, 3.8) is 0 Å². The van der Waals surface area contributed by atoms with Gasteiger partial charge in [-0.25, -0.2) is 0 Å². The molecule has 3 rings (SSSR count). The van der Waals surface area contributed by atoms with Gasteiger partial charge in [-0.2, -0.15) is 0 Å². The number of carbonyl (C=O) groups excluding carboxylic acids is 1. The molecule has 2 aromatic carbocycles. The summed E-state index contributed by atoms with van der Waals surface area (Å²) < 4.78 is 5.69. The van der Waals surface area contributed by atoms with Crippen LogP contribution in [0.25, 0.3) is 17.4 Å². The molecular formula is C20H13Cl3N2O4. The largest absolute Gasteiger partial charge is 0.457 e. The summed E-state index contributed by atoms with van der Waals surface area (Å²) in [5.41, 5.74) is 1.38. The number of hydrogen-bond acceptors (Lipinski definition) is 4. The molecule has 1 amide bonds. The summed E-state index contributed by atoms with van der Waals surface area (Å²) in [4.78, 5) is 22.5. The molecule has 29 heavy (non-hydrogen) atoms. The minimum atomic E-state index is -0.581. The van der Waals surface area contributed by atoms with Gasteiger partial charge in [0, 0.05) is 33.4 Å². The summed E-state index contributed by atoms with van der Waals surface area (Å²) in [7, 11) is 0. The Morgan fingerprint density at radius 1 is 1.10 bits per heavy atom. The Balaban J connectivity index is 1.73. The van der Waals surface area contributed by atoms with E-state index >= 15 is 0 Å². The van der Waals surface area contributed by atoms with Crippen LogP contribution in [0, 0.1) is 17.0 Å². The molecule has 0 fully saturated rings. The first-order chi connectivity index (χ1) is 13.7. The van der Waals surface area contributed by atoms with Gasteiger partial charge in [-0.05, 0) is 55.0 Å². The summed E-state index contributed by atoms with van der Waals surface area (Å²) in [5.74, 6) is 0.555. The highest BCUT2D eigenvalue weighted by atomic mass is 35.5. The molecule has 0 spiro atoms. The summed E-state index contributed by atoms with van der Waals surface area (Å²) >= 11 is 17.9. The lowest BCUT2D eigenvalue weighted by atomic mass is 10.1. The van der Waals surface area contributed by atoms with Gasteiger partial charge in [0.1, 0.15) is 16.5 Å². The number of anilines is 1. The highest BCUT2D eigenvalue weighted by molar-refractivity contribution is 6.35. The van der Waals surface area contributed by atoms with Gasteiger partial charge in [0.2, 0.25) is 5.91 Å². The molecule has 6 nitrogen and oxygen atoms in total. The molecule has 9 heteroatoms. The number of amides is 1. The van der Waals surface area contributed by atoms with E-state index in [9.17, 15) is 14.9 Å². The fraction of sp³-hybridized carbons (Fsp3) is 0.0500. The van der Waals surface area contributed by atoms with E-state index in [1.807, 2.05) is 0 Å². The molecule has 1 aromatic heterocycles. The highest BCUT2D eigenvalue weighted by Crippen LogP contribution is 2.31. The molecule has 0 aliphatic heterocycles. The molecule has 1 N–H and O–H groups in total. The summed E-state index contributed by atoms with van der Waals surface area (Å²) in [6, 6.07) is 11.1. The Labute approximate surface area is 180 Å². The number of nitrogens with zero attached hydrogens (tertiary/aromatic N) is 1. The second-order valence-electron chi connectivity index (χ2n) is 6.06. The standard InChI is InChI=1S/C20H13Cl3N2O4/c1-11-6-18(25(27)28)16(23)10-17(11)24-20(26)5-3-15-2-4-19(29-15)12-7-13(21)9-14(22)8-12/h2-10H,1H3,(H,24,26)/b5-3+. The zero-order chi connectivity index (χ0) is 21.1. The normalized spacial score (nSPS) is 11.0. The molecular weight excluding hydrogens is 439 g/mol. The first kappa shape index (κ1) is 20.9. The predicted molar refractivity (Wildman–Crippen MR) is 115 cm³/mol. The van der Waals surface area contributed by atoms with Crippen molar-refractivity contribution in [3.8, 4) is 11.3 Å². The lowest BCUT2D eigenvalue weighted by Crippen LogP contribution is -2.09. The number of nitro groups is 1. The van der Waals surface area contributed by atoms with Crippen LogP contribution in [0.2, 0.25) is 15.1 Å². The first-order valence-corrected chi connectivity index (χ1v) is 9.36. The number of nitro benzene ring substituents is 1. The van der Waals surface area contributed by atoms with Crippen molar-refractivity contribution in [2.45, 2.75) is 6.92 Å². The summed E-state index contributed by atoms with van der Waals surface area (Å²) in [5, 5.41) is 14.4. The van der Waals surface area contributed by atoms with Crippen LogP contribution in [-0.4, -0.2) is 10.8 Å². The maximum Gasteiger partial charge on any atom is 0.288 e. The van der Waals surface area contributed by atoms with E-state index in [2.05, 4.69) is 5.32 Å². The molecule has 0 radical (unpaired) electrons. The zero-order valence-electron chi connectivity index (χ0n) is 14.9. The van der Waals surface area contributed by atoms with Crippen LogP contribution in [0.1, 0.15) is 11.3 Å². The van der Waals surface area contributed by atoms with E-state index in [0.717, 1.165) is 0 Å². The quantitative estimate of drug-likeness (QED) is 0.263. The molecule has 3 aromatic rings. The molecule has 148 valence electrons. The third-order valence-electron chi connectivity index (χ3n) is 3.92. The maximum absolute atomic E-state index is 12.2. The third-order valence-corrected chi connectivity index (χ3v) is 4.66. The van der Waals surface area contributed by atoms with E-state index in [0.29, 0.717) is 38.4 Å². The first-order valence-electron chi connectivity index (χ1n) is 8.23. The minimum Gasteiger partial charge on any atom is -0.457 e. The average molecular weight is 452 g/mol. The number of rotatable bonds is 5. The van der Waals surface area contributed by atoms with Gasteiger partial charge < -0.3 is 9.73 Å². The second kappa shape index (κ2) is 8.69. The number of halogens is 3. The molecule has 0 atom stereocenters. The van der Waals surface area contributed by atoms with Crippen molar-refractivity contribution in [1.82, 2.24) is 0 Å². The number of hydrogen-bond donors (Lipinski definition) is 1. The maximum atomic E-state index is 12.2. The van der Waals surface area contributed by atoms with Crippen molar-refractivity contribution in [3.05, 3.63) is 85.0 Å². The van der Waals surface area contributed by atoms with Gasteiger partial charge in [0.05, 0.1) is 4.92 Å². The topological polar surface area (TPSA) is 85.4 Å². The monoisotopic (exact) mass is 450 g/mol. The SMILES string of the molecule is Cc1cc([N+](=O)[O-])c(Cl)cc1NC(=O)/C=C/c1ccc(-c2cc(Cl)cc(Cl)c2)o1. The smallest absolute Gasteiger partial charge is 0.288 e. The molecule has 0 aliphatic carbocycles. The Morgan fingerprint density at radius 2 is 1.79 bits per heavy atom. The van der Waals surface area contributed by atoms with Crippen molar-refractivity contribution < 1.29 is 14.1 Å². The van der Waals surface area contributed by atoms with Gasteiger partial charge in [-0.1, -0.05) is 34.8 Å². The lowest BCUT2D eigenvalue weighted by molar-refractivity contribution is -0.384. The number of benzene rings is 2. The van der Waals surface area contributed by atoms with E-state index in [4.69, 9.17) is 39.2 Å². The second-order valence-corrected chi connectivity index (χ2v) is 7.34. The zero-order valence-corrected chi connectivity index (χ0v) is 17.2. The summed E-state index contributed by atoms with van der Waals surface area (Å²) in [6.45, 7) is 1.64. The van der Waals surface area contributed by atoms with Crippen LogP contribution in [0.15, 0.2) is 53.0 Å². The highest BCUT2D eigenvalue weighted by Gasteiger charge is 2.15. The predicted octanol–water partition coefficient (Wildman–Crippen LogP) is 6.78. The molecule has 0 saturated carbocycles. The molecule has 0 saturated heterocycles. The Bertz CT molecular complexity index is 1120. The Morgan fingerprint density at radius 3 is 2.45 bits per heavy atom. The molecule has 0 aliphatic rings. The van der Waals surface area contributed by atoms with E-state index < -0.39 is 10.8 Å². The fourth-order valence-corrected chi connectivity index (χ4v) is 3.33. The van der Waals surface area contributed by atoms with Gasteiger partial charge in [0.25, 0.3) is 5.69 Å². The Kier molecular flexibility index (Phi) is 6.27. The van der Waals surface area contributed by atoms with Crippen molar-refractivity contribution in [2.24, 2.45) is 0 Å². The number of aryl methyl sites for hydroxylation is 1. The van der Waals surface area contributed by atoms with Gasteiger partial charge in [-0.15, -0.1) is 0 Å². The minimum absolute atomic E-state index is 0.0595. The molecule has 0 bridgehead atoms. The van der Waals surface area contributed by atoms with Crippen molar-refractivity contribution in [2.75, 3.05) is 5.32 Å². The van der Waals surface area contributed by atoms with Crippen molar-refractivity contribution >= 4 is 58.2 Å². The fourth-order valence-electron chi connectivity index (χ4n) is 2.57.